The SMILES string of the molecule is CCC(O)([CH]O)[CH]O. The summed E-state index contributed by atoms with van der Waals surface area (Å²) in [6, 6.07) is 0. The summed E-state index contributed by atoms with van der Waals surface area (Å²) >= 11 is 0. The van der Waals surface area contributed by atoms with Gasteiger partial charge in [-0.3, -0.25) is 0 Å². The molecule has 0 rings (SSSR count). The molecule has 0 aromatic carbocycles. The molecule has 0 aromatic rings. The molecule has 3 heteroatoms. The Hall–Kier alpha value is -0.120. The second-order valence-electron chi connectivity index (χ2n) is 1.60. The highest BCUT2D eigenvalue weighted by atomic mass is 16.4. The van der Waals surface area contributed by atoms with Crippen LogP contribution in [0.25, 0.3) is 0 Å². The Morgan fingerprint density at radius 1 is 1.38 bits per heavy atom. The third-order valence-electron chi connectivity index (χ3n) is 1.01. The van der Waals surface area contributed by atoms with E-state index >= 15 is 0 Å². The minimum absolute atomic E-state index is 0.264. The first kappa shape index (κ1) is 7.88. The maximum atomic E-state index is 8.83. The Balaban J connectivity index is 3.58. The Morgan fingerprint density at radius 2 is 1.75 bits per heavy atom. The lowest BCUT2D eigenvalue weighted by atomic mass is 10.0. The lowest BCUT2D eigenvalue weighted by Gasteiger charge is -2.18. The normalized spacial score (nSPS) is 12.0. The molecule has 0 saturated carbocycles. The molecule has 48 valence electrons. The van der Waals surface area contributed by atoms with Crippen LogP contribution in [-0.2, 0) is 0 Å². The van der Waals surface area contributed by atoms with Gasteiger partial charge in [-0.05, 0) is 6.42 Å². The highest BCUT2D eigenvalue weighted by Gasteiger charge is 2.22. The number of hydrogen-bond donors (Lipinski definition) is 3. The van der Waals surface area contributed by atoms with Gasteiger partial charge < -0.3 is 15.3 Å². The highest BCUT2D eigenvalue weighted by molar-refractivity contribution is 4.90. The minimum atomic E-state index is -1.51. The standard InChI is InChI=1S/C5H10O3/c1-2-5(8,3-6)4-7/h3-4,6-8H,2H2,1H3. The average Bonchev–Trinajstić information content (AvgIpc) is 1.87. The fourth-order valence-electron chi connectivity index (χ4n) is 0.216. The zero-order chi connectivity index (χ0) is 6.62. The van der Waals surface area contributed by atoms with Crippen LogP contribution in [0, 0.1) is 13.2 Å². The van der Waals surface area contributed by atoms with Crippen LogP contribution in [0.4, 0.5) is 0 Å². The largest absolute Gasteiger partial charge is 0.387 e. The fourth-order valence-corrected chi connectivity index (χ4v) is 0.216. The van der Waals surface area contributed by atoms with Crippen LogP contribution in [0.5, 0.6) is 0 Å². The lowest BCUT2D eigenvalue weighted by molar-refractivity contribution is 0.0147. The molecule has 0 unspecified atom stereocenters. The monoisotopic (exact) mass is 118 g/mol. The van der Waals surface area contributed by atoms with Gasteiger partial charge in [0.15, 0.2) is 0 Å². The van der Waals surface area contributed by atoms with Crippen molar-refractivity contribution in [2.24, 2.45) is 0 Å². The summed E-state index contributed by atoms with van der Waals surface area (Å²) in [6.45, 7) is 2.74. The van der Waals surface area contributed by atoms with Crippen LogP contribution in [0.1, 0.15) is 13.3 Å². The summed E-state index contributed by atoms with van der Waals surface area (Å²) < 4.78 is 0. The summed E-state index contributed by atoms with van der Waals surface area (Å²) in [5.74, 6) is 0. The molecule has 3 nitrogen and oxygen atoms in total. The molecule has 0 bridgehead atoms. The van der Waals surface area contributed by atoms with Gasteiger partial charge >= 0.3 is 0 Å². The van der Waals surface area contributed by atoms with E-state index in [1.165, 1.54) is 0 Å². The number of hydrogen-bond acceptors (Lipinski definition) is 3. The molecule has 0 saturated heterocycles. The molecule has 0 aliphatic heterocycles. The molecule has 8 heavy (non-hydrogen) atoms. The first-order chi connectivity index (χ1) is 3.68. The van der Waals surface area contributed by atoms with Gasteiger partial charge in [-0.25, -0.2) is 0 Å². The third-order valence-corrected chi connectivity index (χ3v) is 1.01. The fraction of sp³-hybridized carbons (Fsp3) is 0.600. The van der Waals surface area contributed by atoms with Gasteiger partial charge in [-0.1, -0.05) is 6.92 Å². The van der Waals surface area contributed by atoms with Gasteiger partial charge in [-0.15, -0.1) is 0 Å². The molecule has 0 fully saturated rings. The van der Waals surface area contributed by atoms with Crippen molar-refractivity contribution in [3.63, 3.8) is 0 Å². The van der Waals surface area contributed by atoms with Gasteiger partial charge in [-0.2, -0.15) is 0 Å². The van der Waals surface area contributed by atoms with E-state index in [9.17, 15) is 0 Å². The predicted octanol–water partition coefficient (Wildman–Crippen LogP) is 0.196. The molecule has 2 radical (unpaired) electrons. The van der Waals surface area contributed by atoms with Crippen LogP contribution in [0.2, 0.25) is 0 Å². The first-order valence-electron chi connectivity index (χ1n) is 2.38. The van der Waals surface area contributed by atoms with Crippen molar-refractivity contribution in [2.75, 3.05) is 0 Å². The summed E-state index contributed by atoms with van der Waals surface area (Å²) in [7, 11) is 0. The van der Waals surface area contributed by atoms with Crippen LogP contribution < -0.4 is 0 Å². The van der Waals surface area contributed by atoms with E-state index in [2.05, 4.69) is 0 Å². The van der Waals surface area contributed by atoms with Crippen LogP contribution in [-0.4, -0.2) is 20.9 Å². The van der Waals surface area contributed by atoms with Gasteiger partial charge in [0.1, 0.15) is 18.8 Å². The van der Waals surface area contributed by atoms with Crippen molar-refractivity contribution < 1.29 is 15.3 Å². The maximum absolute atomic E-state index is 8.83. The van der Waals surface area contributed by atoms with Gasteiger partial charge in [0, 0.05) is 0 Å². The van der Waals surface area contributed by atoms with Gasteiger partial charge in [0.2, 0.25) is 0 Å². The van der Waals surface area contributed by atoms with Crippen LogP contribution in [0.3, 0.4) is 0 Å². The smallest absolute Gasteiger partial charge is 0.121 e. The molecule has 0 aromatic heterocycles. The molecule has 0 spiro atoms. The van der Waals surface area contributed by atoms with Crippen molar-refractivity contribution in [3.05, 3.63) is 13.2 Å². The Labute approximate surface area is 48.6 Å². The Kier molecular flexibility index (Phi) is 2.97. The van der Waals surface area contributed by atoms with E-state index in [0.29, 0.717) is 13.2 Å². The molecule has 0 aliphatic carbocycles. The molecule has 0 aliphatic rings. The molecule has 0 heterocycles. The second kappa shape index (κ2) is 3.02. The van der Waals surface area contributed by atoms with Crippen LogP contribution >= 0.6 is 0 Å². The minimum Gasteiger partial charge on any atom is -0.387 e. The average molecular weight is 118 g/mol. The summed E-state index contributed by atoms with van der Waals surface area (Å²) in [5, 5.41) is 25.3. The first-order valence-corrected chi connectivity index (χ1v) is 2.38. The van der Waals surface area contributed by atoms with Crippen molar-refractivity contribution in [2.45, 2.75) is 18.9 Å². The number of aliphatic hydroxyl groups is 3. The van der Waals surface area contributed by atoms with E-state index in [0.717, 1.165) is 0 Å². The Morgan fingerprint density at radius 3 is 1.75 bits per heavy atom. The summed E-state index contributed by atoms with van der Waals surface area (Å²) in [4.78, 5) is 0. The molecule has 0 amide bonds. The third kappa shape index (κ3) is 1.78. The molecular weight excluding hydrogens is 108 g/mol. The van der Waals surface area contributed by atoms with E-state index < -0.39 is 5.60 Å². The van der Waals surface area contributed by atoms with Crippen LogP contribution in [0.15, 0.2) is 0 Å². The predicted molar refractivity (Wildman–Crippen MR) is 27.7 cm³/mol. The summed E-state index contributed by atoms with van der Waals surface area (Å²) in [6.07, 6.45) is 0.264. The zero-order valence-electron chi connectivity index (χ0n) is 4.70. The summed E-state index contributed by atoms with van der Waals surface area (Å²) in [5.41, 5.74) is -1.51. The quantitative estimate of drug-likeness (QED) is 0.496. The van der Waals surface area contributed by atoms with Crippen molar-refractivity contribution >= 4 is 0 Å². The van der Waals surface area contributed by atoms with E-state index in [-0.39, 0.29) is 6.42 Å². The lowest BCUT2D eigenvalue weighted by Crippen LogP contribution is -2.28. The van der Waals surface area contributed by atoms with E-state index in [1.54, 1.807) is 6.92 Å². The highest BCUT2D eigenvalue weighted by Crippen LogP contribution is 2.12. The number of rotatable bonds is 3. The second-order valence-corrected chi connectivity index (χ2v) is 1.60. The molecule has 3 N–H and O–H groups in total. The zero-order valence-corrected chi connectivity index (χ0v) is 4.70. The van der Waals surface area contributed by atoms with Crippen molar-refractivity contribution in [3.8, 4) is 0 Å². The molecule has 0 atom stereocenters. The van der Waals surface area contributed by atoms with Crippen molar-refractivity contribution in [1.29, 1.82) is 0 Å². The molecular formula is C5H10O3. The van der Waals surface area contributed by atoms with Crippen molar-refractivity contribution in [1.82, 2.24) is 0 Å². The van der Waals surface area contributed by atoms with E-state index in [4.69, 9.17) is 15.3 Å². The van der Waals surface area contributed by atoms with E-state index in [1.807, 2.05) is 0 Å². The topological polar surface area (TPSA) is 60.7 Å². The maximum Gasteiger partial charge on any atom is 0.121 e. The van der Waals surface area contributed by atoms with Gasteiger partial charge in [0.05, 0.1) is 0 Å². The van der Waals surface area contributed by atoms with Gasteiger partial charge in [0.25, 0.3) is 0 Å². The Bertz CT molecular complexity index is 50.4. The number of aliphatic hydroxyl groups excluding tert-OH is 2.